The van der Waals surface area contributed by atoms with Crippen molar-refractivity contribution in [1.82, 2.24) is 0 Å². The second-order valence-electron chi connectivity index (χ2n) is 3.49. The molecule has 0 bridgehead atoms. The lowest BCUT2D eigenvalue weighted by atomic mass is 9.93. The Bertz CT molecular complexity index is 266. The van der Waals surface area contributed by atoms with E-state index in [9.17, 15) is 9.59 Å². The molecule has 3 heteroatoms. The highest BCUT2D eigenvalue weighted by Gasteiger charge is 2.35. The van der Waals surface area contributed by atoms with Crippen LogP contribution >= 0.6 is 0 Å². The molecule has 1 aliphatic rings. The van der Waals surface area contributed by atoms with Crippen LogP contribution in [0.15, 0.2) is 11.6 Å². The fraction of sp³-hybridized carbons (Fsp3) is 0.636. The molecular weight excluding hydrogens is 180 g/mol. The maximum atomic E-state index is 11.3. The average molecular weight is 196 g/mol. The molecule has 0 radical (unpaired) electrons. The number of allylic oxidation sites excluding steroid dienone is 1. The first-order chi connectivity index (χ1) is 6.69. The summed E-state index contributed by atoms with van der Waals surface area (Å²) in [6.45, 7) is 4.09. The van der Waals surface area contributed by atoms with Crippen LogP contribution in [0.25, 0.3) is 0 Å². The van der Waals surface area contributed by atoms with Crippen LogP contribution in [0.2, 0.25) is 0 Å². The van der Waals surface area contributed by atoms with Crippen molar-refractivity contribution in [2.75, 3.05) is 0 Å². The van der Waals surface area contributed by atoms with Gasteiger partial charge in [0.05, 0.1) is 12.3 Å². The standard InChI is InChI=1S/C11H16O3/c1-3-5-8(6-4-2)9-7-10(12)14-11(9)13/h5,9H,3-4,6-7H2,1-2H3. The Morgan fingerprint density at radius 3 is 2.64 bits per heavy atom. The second-order valence-corrected chi connectivity index (χ2v) is 3.49. The van der Waals surface area contributed by atoms with Crippen molar-refractivity contribution >= 4 is 11.9 Å². The van der Waals surface area contributed by atoms with Crippen molar-refractivity contribution in [3.05, 3.63) is 11.6 Å². The van der Waals surface area contributed by atoms with Crippen LogP contribution in [0, 0.1) is 5.92 Å². The van der Waals surface area contributed by atoms with Gasteiger partial charge in [0, 0.05) is 0 Å². The zero-order chi connectivity index (χ0) is 10.6. The second kappa shape index (κ2) is 4.94. The summed E-state index contributed by atoms with van der Waals surface area (Å²) < 4.78 is 4.53. The minimum Gasteiger partial charge on any atom is -0.393 e. The number of ether oxygens (including phenoxy) is 1. The van der Waals surface area contributed by atoms with E-state index in [1.165, 1.54) is 0 Å². The summed E-state index contributed by atoms with van der Waals surface area (Å²) in [5, 5.41) is 0. The lowest BCUT2D eigenvalue weighted by molar-refractivity contribution is -0.152. The summed E-state index contributed by atoms with van der Waals surface area (Å²) in [6.07, 6.45) is 5.02. The number of hydrogen-bond donors (Lipinski definition) is 0. The Balaban J connectivity index is 2.73. The summed E-state index contributed by atoms with van der Waals surface area (Å²) in [6, 6.07) is 0. The van der Waals surface area contributed by atoms with E-state index in [-0.39, 0.29) is 18.3 Å². The summed E-state index contributed by atoms with van der Waals surface area (Å²) in [4.78, 5) is 22.2. The lowest BCUT2D eigenvalue weighted by Gasteiger charge is -2.09. The minimum atomic E-state index is -0.391. The minimum absolute atomic E-state index is 0.227. The molecule has 0 saturated carbocycles. The largest absolute Gasteiger partial charge is 0.393 e. The van der Waals surface area contributed by atoms with Gasteiger partial charge in [0.1, 0.15) is 0 Å². The molecule has 0 aromatic carbocycles. The molecule has 78 valence electrons. The van der Waals surface area contributed by atoms with Crippen molar-refractivity contribution in [2.45, 2.75) is 39.5 Å². The fourth-order valence-corrected chi connectivity index (χ4v) is 1.73. The van der Waals surface area contributed by atoms with E-state index >= 15 is 0 Å². The number of rotatable bonds is 4. The third kappa shape index (κ3) is 2.44. The molecule has 3 nitrogen and oxygen atoms in total. The first kappa shape index (κ1) is 11.0. The highest BCUT2D eigenvalue weighted by molar-refractivity contribution is 5.96. The smallest absolute Gasteiger partial charge is 0.321 e. The van der Waals surface area contributed by atoms with E-state index < -0.39 is 5.97 Å². The highest BCUT2D eigenvalue weighted by Crippen LogP contribution is 2.27. The molecule has 0 aromatic heterocycles. The summed E-state index contributed by atoms with van der Waals surface area (Å²) in [5.74, 6) is -1.07. The van der Waals surface area contributed by atoms with Crippen LogP contribution in [0.1, 0.15) is 39.5 Å². The number of hydrogen-bond acceptors (Lipinski definition) is 3. The van der Waals surface area contributed by atoms with Crippen molar-refractivity contribution in [1.29, 1.82) is 0 Å². The SMILES string of the molecule is CCC=C(CCC)C1CC(=O)OC1=O. The van der Waals surface area contributed by atoms with Crippen LogP contribution < -0.4 is 0 Å². The summed E-state index contributed by atoms with van der Waals surface area (Å²) >= 11 is 0. The molecule has 14 heavy (non-hydrogen) atoms. The van der Waals surface area contributed by atoms with Gasteiger partial charge in [-0.05, 0) is 12.8 Å². The van der Waals surface area contributed by atoms with Gasteiger partial charge in [-0.15, -0.1) is 0 Å². The molecule has 1 atom stereocenters. The van der Waals surface area contributed by atoms with E-state index in [1.807, 2.05) is 13.0 Å². The van der Waals surface area contributed by atoms with Gasteiger partial charge in [0.15, 0.2) is 0 Å². The first-order valence-electron chi connectivity index (χ1n) is 5.12. The van der Waals surface area contributed by atoms with E-state index in [2.05, 4.69) is 11.7 Å². The number of esters is 2. The Labute approximate surface area is 84.1 Å². The number of carbonyl (C=O) groups is 2. The summed E-state index contributed by atoms with van der Waals surface area (Å²) in [7, 11) is 0. The average Bonchev–Trinajstić information content (AvgIpc) is 2.45. The quantitative estimate of drug-likeness (QED) is 0.393. The fourth-order valence-electron chi connectivity index (χ4n) is 1.73. The number of cyclic esters (lactones) is 2. The van der Waals surface area contributed by atoms with Crippen molar-refractivity contribution in [3.8, 4) is 0 Å². The molecule has 0 aromatic rings. The van der Waals surface area contributed by atoms with Gasteiger partial charge in [-0.3, -0.25) is 9.59 Å². The lowest BCUT2D eigenvalue weighted by Crippen LogP contribution is -2.10. The molecule has 0 amide bonds. The van der Waals surface area contributed by atoms with Gasteiger partial charge >= 0.3 is 11.9 Å². The molecule has 1 unspecified atom stereocenters. The van der Waals surface area contributed by atoms with Gasteiger partial charge in [-0.2, -0.15) is 0 Å². The zero-order valence-electron chi connectivity index (χ0n) is 8.71. The van der Waals surface area contributed by atoms with Crippen LogP contribution in [0.4, 0.5) is 0 Å². The van der Waals surface area contributed by atoms with E-state index in [1.54, 1.807) is 0 Å². The topological polar surface area (TPSA) is 43.4 Å². The molecule has 0 aliphatic carbocycles. The molecule has 1 aliphatic heterocycles. The molecular formula is C11H16O3. The number of carbonyl (C=O) groups excluding carboxylic acids is 2. The van der Waals surface area contributed by atoms with Gasteiger partial charge < -0.3 is 4.74 Å². The molecule has 1 fully saturated rings. The van der Waals surface area contributed by atoms with Crippen LogP contribution in [-0.2, 0) is 14.3 Å². The normalized spacial score (nSPS) is 22.7. The van der Waals surface area contributed by atoms with Gasteiger partial charge in [0.25, 0.3) is 0 Å². The molecule has 0 spiro atoms. The third-order valence-corrected chi connectivity index (χ3v) is 2.32. The van der Waals surface area contributed by atoms with Gasteiger partial charge in [-0.1, -0.05) is 31.9 Å². The maximum absolute atomic E-state index is 11.3. The first-order valence-corrected chi connectivity index (χ1v) is 5.12. The van der Waals surface area contributed by atoms with E-state index in [0.717, 1.165) is 24.8 Å². The Hall–Kier alpha value is -1.12. The Kier molecular flexibility index (Phi) is 3.86. The van der Waals surface area contributed by atoms with Gasteiger partial charge in [0.2, 0.25) is 0 Å². The van der Waals surface area contributed by atoms with Crippen LogP contribution in [-0.4, -0.2) is 11.9 Å². The predicted molar refractivity (Wildman–Crippen MR) is 52.5 cm³/mol. The molecule has 1 heterocycles. The summed E-state index contributed by atoms with van der Waals surface area (Å²) in [5.41, 5.74) is 1.06. The molecule has 1 rings (SSSR count). The van der Waals surface area contributed by atoms with Crippen molar-refractivity contribution in [3.63, 3.8) is 0 Å². The van der Waals surface area contributed by atoms with Crippen LogP contribution in [0.5, 0.6) is 0 Å². The maximum Gasteiger partial charge on any atom is 0.321 e. The zero-order valence-corrected chi connectivity index (χ0v) is 8.71. The third-order valence-electron chi connectivity index (χ3n) is 2.32. The monoisotopic (exact) mass is 196 g/mol. The molecule has 1 saturated heterocycles. The Morgan fingerprint density at radius 2 is 2.21 bits per heavy atom. The predicted octanol–water partition coefficient (Wildman–Crippen LogP) is 2.21. The van der Waals surface area contributed by atoms with Crippen molar-refractivity contribution in [2.24, 2.45) is 5.92 Å². The molecule has 0 N–H and O–H groups in total. The van der Waals surface area contributed by atoms with E-state index in [4.69, 9.17) is 0 Å². The van der Waals surface area contributed by atoms with E-state index in [0.29, 0.717) is 0 Å². The van der Waals surface area contributed by atoms with Gasteiger partial charge in [-0.25, -0.2) is 0 Å². The Morgan fingerprint density at radius 1 is 1.50 bits per heavy atom. The van der Waals surface area contributed by atoms with Crippen molar-refractivity contribution < 1.29 is 14.3 Å². The highest BCUT2D eigenvalue weighted by atomic mass is 16.6. The van der Waals surface area contributed by atoms with Crippen LogP contribution in [0.3, 0.4) is 0 Å².